The van der Waals surface area contributed by atoms with Crippen molar-refractivity contribution in [3.63, 3.8) is 0 Å². The number of amides is 1. The van der Waals surface area contributed by atoms with Gasteiger partial charge in [0.25, 0.3) is 5.91 Å². The Hall–Kier alpha value is -1.66. The van der Waals surface area contributed by atoms with E-state index in [1.165, 1.54) is 31.4 Å². The van der Waals surface area contributed by atoms with Crippen molar-refractivity contribution < 1.29 is 14.3 Å². The monoisotopic (exact) mass is 323 g/mol. The second-order valence-corrected chi connectivity index (χ2v) is 5.94. The summed E-state index contributed by atoms with van der Waals surface area (Å²) >= 11 is 0. The lowest BCUT2D eigenvalue weighted by Gasteiger charge is -2.22. The van der Waals surface area contributed by atoms with Crippen molar-refractivity contribution in [1.29, 1.82) is 0 Å². The van der Waals surface area contributed by atoms with Crippen LogP contribution in [-0.4, -0.2) is 43.8 Å². The minimum absolute atomic E-state index is 0.00120. The number of carbonyl (C=O) groups excluding carboxylic acids is 1. The van der Waals surface area contributed by atoms with Crippen LogP contribution in [0, 0.1) is 11.7 Å². The highest BCUT2D eigenvalue weighted by Gasteiger charge is 2.13. The molecule has 1 amide bonds. The molecule has 0 aliphatic carbocycles. The maximum atomic E-state index is 14.0. The third-order valence-corrected chi connectivity index (χ3v) is 4.19. The molecule has 0 spiro atoms. The number of anilines is 1. The number of nitrogens with one attached hydrogen (secondary N) is 3. The van der Waals surface area contributed by atoms with Gasteiger partial charge < -0.3 is 21.1 Å². The van der Waals surface area contributed by atoms with Crippen LogP contribution in [0.2, 0.25) is 0 Å². The van der Waals surface area contributed by atoms with Crippen molar-refractivity contribution in [1.82, 2.24) is 10.6 Å². The maximum Gasteiger partial charge on any atom is 0.254 e. The van der Waals surface area contributed by atoms with Crippen LogP contribution in [0.4, 0.5) is 10.1 Å². The molecule has 0 bridgehead atoms. The van der Waals surface area contributed by atoms with E-state index in [1.807, 2.05) is 0 Å². The van der Waals surface area contributed by atoms with E-state index in [4.69, 9.17) is 5.11 Å². The Balaban J connectivity index is 1.75. The minimum atomic E-state index is -0.552. The van der Waals surface area contributed by atoms with Gasteiger partial charge in [-0.3, -0.25) is 4.79 Å². The lowest BCUT2D eigenvalue weighted by atomic mass is 9.93. The smallest absolute Gasteiger partial charge is 0.254 e. The van der Waals surface area contributed by atoms with Gasteiger partial charge in [0.15, 0.2) is 0 Å². The van der Waals surface area contributed by atoms with E-state index in [0.29, 0.717) is 5.69 Å². The third-order valence-electron chi connectivity index (χ3n) is 4.19. The van der Waals surface area contributed by atoms with E-state index in [1.54, 1.807) is 6.07 Å². The molecule has 1 aromatic carbocycles. The lowest BCUT2D eigenvalue weighted by molar-refractivity contribution is 0.0941. The summed E-state index contributed by atoms with van der Waals surface area (Å²) in [5, 5.41) is 17.7. The molecule has 5 nitrogen and oxygen atoms in total. The van der Waals surface area contributed by atoms with Crippen molar-refractivity contribution in [3.8, 4) is 0 Å². The average molecular weight is 323 g/mol. The Labute approximate surface area is 136 Å². The third kappa shape index (κ3) is 5.80. The molecule has 0 saturated carbocycles. The molecule has 128 valence electrons. The maximum absolute atomic E-state index is 14.0. The molecule has 2 rings (SSSR count). The zero-order chi connectivity index (χ0) is 16.5. The molecule has 1 heterocycles. The van der Waals surface area contributed by atoms with Crippen molar-refractivity contribution in [2.45, 2.75) is 25.7 Å². The minimum Gasteiger partial charge on any atom is -0.395 e. The van der Waals surface area contributed by atoms with Gasteiger partial charge in [0.2, 0.25) is 0 Å². The standard InChI is InChI=1S/C17H26FN3O2/c18-16-12-14(3-4-15(16)17(23)21-10-11-22)20-7-1-2-13-5-8-19-9-6-13/h3-4,12-13,19-20,22H,1-2,5-11H2,(H,21,23). The number of benzene rings is 1. The number of carbonyl (C=O) groups is 1. The van der Waals surface area contributed by atoms with Gasteiger partial charge in [-0.25, -0.2) is 4.39 Å². The molecule has 1 aromatic rings. The molecule has 4 N–H and O–H groups in total. The second kappa shape index (κ2) is 9.47. The topological polar surface area (TPSA) is 73.4 Å². The predicted octanol–water partition coefficient (Wildman–Crippen LogP) is 1.74. The Morgan fingerprint density at radius 2 is 2.09 bits per heavy atom. The molecule has 0 unspecified atom stereocenters. The molecule has 1 aliphatic heterocycles. The largest absolute Gasteiger partial charge is 0.395 e. The van der Waals surface area contributed by atoms with Gasteiger partial charge in [-0.05, 0) is 62.9 Å². The van der Waals surface area contributed by atoms with Crippen molar-refractivity contribution >= 4 is 11.6 Å². The zero-order valence-electron chi connectivity index (χ0n) is 13.4. The summed E-state index contributed by atoms with van der Waals surface area (Å²) in [7, 11) is 0. The van der Waals surface area contributed by atoms with Crippen LogP contribution < -0.4 is 16.0 Å². The first-order valence-electron chi connectivity index (χ1n) is 8.34. The molecule has 0 aromatic heterocycles. The van der Waals surface area contributed by atoms with Crippen LogP contribution in [-0.2, 0) is 0 Å². The van der Waals surface area contributed by atoms with Crippen molar-refractivity contribution in [2.24, 2.45) is 5.92 Å². The van der Waals surface area contributed by atoms with Gasteiger partial charge in [0.05, 0.1) is 12.2 Å². The van der Waals surface area contributed by atoms with Gasteiger partial charge in [0.1, 0.15) is 5.82 Å². The highest BCUT2D eigenvalue weighted by molar-refractivity contribution is 5.94. The number of hydrogen-bond acceptors (Lipinski definition) is 4. The average Bonchev–Trinajstić information content (AvgIpc) is 2.57. The van der Waals surface area contributed by atoms with Crippen LogP contribution in [0.3, 0.4) is 0 Å². The van der Waals surface area contributed by atoms with Gasteiger partial charge in [-0.1, -0.05) is 0 Å². The molecule has 1 saturated heterocycles. The highest BCUT2D eigenvalue weighted by Crippen LogP contribution is 2.18. The summed E-state index contributed by atoms with van der Waals surface area (Å²) in [6, 6.07) is 4.52. The first kappa shape index (κ1) is 17.7. The highest BCUT2D eigenvalue weighted by atomic mass is 19.1. The fraction of sp³-hybridized carbons (Fsp3) is 0.588. The molecule has 1 aliphatic rings. The van der Waals surface area contributed by atoms with E-state index in [9.17, 15) is 9.18 Å². The van der Waals surface area contributed by atoms with Crippen molar-refractivity contribution in [2.75, 3.05) is 38.1 Å². The molecule has 1 fully saturated rings. The van der Waals surface area contributed by atoms with Crippen LogP contribution in [0.1, 0.15) is 36.0 Å². The van der Waals surface area contributed by atoms with Gasteiger partial charge in [-0.15, -0.1) is 0 Å². The summed E-state index contributed by atoms with van der Waals surface area (Å²) < 4.78 is 14.0. The van der Waals surface area contributed by atoms with Crippen molar-refractivity contribution in [3.05, 3.63) is 29.6 Å². The number of rotatable bonds is 8. The van der Waals surface area contributed by atoms with Crippen LogP contribution in [0.25, 0.3) is 0 Å². The Morgan fingerprint density at radius 1 is 1.30 bits per heavy atom. The van der Waals surface area contributed by atoms with E-state index in [-0.39, 0.29) is 18.7 Å². The summed E-state index contributed by atoms with van der Waals surface area (Å²) in [5.41, 5.74) is 0.685. The van der Waals surface area contributed by atoms with E-state index in [2.05, 4.69) is 16.0 Å². The van der Waals surface area contributed by atoms with E-state index in [0.717, 1.165) is 32.0 Å². The molecular formula is C17H26FN3O2. The van der Waals surface area contributed by atoms with Crippen LogP contribution in [0.5, 0.6) is 0 Å². The number of aliphatic hydroxyl groups excluding tert-OH is 1. The number of hydrogen-bond donors (Lipinski definition) is 4. The fourth-order valence-corrected chi connectivity index (χ4v) is 2.87. The predicted molar refractivity (Wildman–Crippen MR) is 89.1 cm³/mol. The van der Waals surface area contributed by atoms with Crippen LogP contribution in [0.15, 0.2) is 18.2 Å². The summed E-state index contributed by atoms with van der Waals surface area (Å²) in [6.07, 6.45) is 4.74. The lowest BCUT2D eigenvalue weighted by Crippen LogP contribution is -2.28. The molecule has 0 radical (unpaired) electrons. The quantitative estimate of drug-likeness (QED) is 0.550. The first-order chi connectivity index (χ1) is 11.2. The molecule has 0 atom stereocenters. The normalized spacial score (nSPS) is 15.4. The molecule has 6 heteroatoms. The molecular weight excluding hydrogens is 297 g/mol. The summed E-state index contributed by atoms with van der Waals surface area (Å²) in [4.78, 5) is 11.7. The first-order valence-corrected chi connectivity index (χ1v) is 8.34. The Kier molecular flexibility index (Phi) is 7.29. The van der Waals surface area contributed by atoms with Gasteiger partial charge >= 0.3 is 0 Å². The second-order valence-electron chi connectivity index (χ2n) is 5.94. The number of aliphatic hydroxyl groups is 1. The fourth-order valence-electron chi connectivity index (χ4n) is 2.87. The zero-order valence-corrected chi connectivity index (χ0v) is 13.4. The van der Waals surface area contributed by atoms with Crippen LogP contribution >= 0.6 is 0 Å². The number of piperidine rings is 1. The Morgan fingerprint density at radius 3 is 2.78 bits per heavy atom. The van der Waals surface area contributed by atoms with E-state index >= 15 is 0 Å². The Bertz CT molecular complexity index is 505. The SMILES string of the molecule is O=C(NCCO)c1ccc(NCCCC2CCNCC2)cc1F. The number of halogens is 1. The summed E-state index contributed by atoms with van der Waals surface area (Å²) in [6.45, 7) is 2.99. The van der Waals surface area contributed by atoms with Gasteiger partial charge in [0, 0.05) is 18.8 Å². The van der Waals surface area contributed by atoms with E-state index < -0.39 is 11.7 Å². The van der Waals surface area contributed by atoms with Gasteiger partial charge in [-0.2, -0.15) is 0 Å². The molecule has 23 heavy (non-hydrogen) atoms. The summed E-state index contributed by atoms with van der Waals surface area (Å²) in [5.74, 6) is -0.259.